The molecule has 0 radical (unpaired) electrons. The molecular formula is C20H26N2. The van der Waals surface area contributed by atoms with E-state index in [-0.39, 0.29) is 0 Å². The molecule has 4 saturated heterocycles. The molecule has 1 spiro atoms. The fourth-order valence-electron chi connectivity index (χ4n) is 7.73. The van der Waals surface area contributed by atoms with Gasteiger partial charge in [0, 0.05) is 36.8 Å². The molecule has 6 aliphatic rings. The Bertz CT molecular complexity index is 655. The van der Waals surface area contributed by atoms with Crippen LogP contribution >= 0.6 is 0 Å². The summed E-state index contributed by atoms with van der Waals surface area (Å²) in [6.07, 6.45) is 5.77. The molecule has 0 amide bonds. The fourth-order valence-corrected chi connectivity index (χ4v) is 7.73. The average molecular weight is 294 g/mol. The van der Waals surface area contributed by atoms with Crippen LogP contribution in [0, 0.1) is 17.8 Å². The first-order valence-corrected chi connectivity index (χ1v) is 9.32. The third-order valence-electron chi connectivity index (χ3n) is 8.33. The zero-order valence-corrected chi connectivity index (χ0v) is 13.7. The Kier molecular flexibility index (Phi) is 2.10. The minimum absolute atomic E-state index is 0.485. The van der Waals surface area contributed by atoms with E-state index in [1.165, 1.54) is 37.9 Å². The second-order valence-electron chi connectivity index (χ2n) is 8.70. The van der Waals surface area contributed by atoms with E-state index in [2.05, 4.69) is 48.0 Å². The van der Waals surface area contributed by atoms with Crippen molar-refractivity contribution in [2.45, 2.75) is 56.1 Å². The Balaban J connectivity index is 1.55. The SMILES string of the molecule is CC[C@@H]1CN2[C@H]3C[C@@]45C[C@H]3[C@H]1C[C@H]2[C@@H]4N(C)c1ccccc15. The molecule has 22 heavy (non-hydrogen) atoms. The number of rotatable bonds is 1. The molecule has 1 unspecified atom stereocenters. The highest BCUT2D eigenvalue weighted by atomic mass is 15.3. The van der Waals surface area contributed by atoms with Crippen molar-refractivity contribution >= 4 is 5.69 Å². The van der Waals surface area contributed by atoms with Crippen LogP contribution in [-0.2, 0) is 5.41 Å². The molecule has 5 heterocycles. The zero-order chi connectivity index (χ0) is 14.6. The van der Waals surface area contributed by atoms with E-state index in [1.54, 1.807) is 5.56 Å². The van der Waals surface area contributed by atoms with Gasteiger partial charge in [-0.3, -0.25) is 4.90 Å². The molecule has 5 bridgehead atoms. The molecule has 1 saturated carbocycles. The minimum atomic E-state index is 0.485. The first-order valence-electron chi connectivity index (χ1n) is 9.32. The highest BCUT2D eigenvalue weighted by Crippen LogP contribution is 2.68. The van der Waals surface area contributed by atoms with E-state index in [9.17, 15) is 0 Å². The van der Waals surface area contributed by atoms with Gasteiger partial charge in [0.15, 0.2) is 0 Å². The lowest BCUT2D eigenvalue weighted by molar-refractivity contribution is -0.0922. The number of hydrogen-bond donors (Lipinski definition) is 0. The molecule has 116 valence electrons. The van der Waals surface area contributed by atoms with Crippen molar-refractivity contribution in [2.75, 3.05) is 18.5 Å². The van der Waals surface area contributed by atoms with Crippen LogP contribution in [-0.4, -0.2) is 36.6 Å². The molecule has 0 aromatic heterocycles. The molecule has 0 N–H and O–H groups in total. The Morgan fingerprint density at radius 2 is 2.00 bits per heavy atom. The van der Waals surface area contributed by atoms with E-state index < -0.39 is 0 Å². The quantitative estimate of drug-likeness (QED) is 0.784. The van der Waals surface area contributed by atoms with Gasteiger partial charge in [-0.25, -0.2) is 0 Å². The topological polar surface area (TPSA) is 6.48 Å². The lowest BCUT2D eigenvalue weighted by Gasteiger charge is -2.60. The highest BCUT2D eigenvalue weighted by molar-refractivity contribution is 5.66. The third-order valence-corrected chi connectivity index (χ3v) is 8.33. The van der Waals surface area contributed by atoms with E-state index in [0.29, 0.717) is 5.41 Å². The normalized spacial score (nSPS) is 53.0. The maximum absolute atomic E-state index is 2.97. The number of para-hydroxylation sites is 1. The Morgan fingerprint density at radius 1 is 1.14 bits per heavy atom. The maximum atomic E-state index is 2.97. The summed E-state index contributed by atoms with van der Waals surface area (Å²) in [4.78, 5) is 5.64. The molecular weight excluding hydrogens is 268 g/mol. The monoisotopic (exact) mass is 294 g/mol. The van der Waals surface area contributed by atoms with Crippen molar-refractivity contribution in [2.24, 2.45) is 17.8 Å². The van der Waals surface area contributed by atoms with E-state index in [1.807, 2.05) is 0 Å². The molecule has 7 rings (SSSR count). The van der Waals surface area contributed by atoms with Crippen LogP contribution in [0.4, 0.5) is 5.69 Å². The first kappa shape index (κ1) is 12.4. The second-order valence-corrected chi connectivity index (χ2v) is 8.70. The summed E-state index contributed by atoms with van der Waals surface area (Å²) in [7, 11) is 2.37. The molecule has 1 aliphatic carbocycles. The molecule has 8 atom stereocenters. The summed E-state index contributed by atoms with van der Waals surface area (Å²) in [5.74, 6) is 2.99. The Morgan fingerprint density at radius 3 is 2.86 bits per heavy atom. The van der Waals surface area contributed by atoms with Crippen LogP contribution in [0.2, 0.25) is 0 Å². The summed E-state index contributed by atoms with van der Waals surface area (Å²) >= 11 is 0. The van der Waals surface area contributed by atoms with Crippen molar-refractivity contribution in [3.8, 4) is 0 Å². The maximum Gasteiger partial charge on any atom is 0.0540 e. The Labute approximate surface area is 133 Å². The fraction of sp³-hybridized carbons (Fsp3) is 0.700. The number of likely N-dealkylation sites (N-methyl/N-ethyl adjacent to an activating group) is 1. The van der Waals surface area contributed by atoms with Gasteiger partial charge in [-0.1, -0.05) is 31.5 Å². The smallest absolute Gasteiger partial charge is 0.0540 e. The molecule has 2 heteroatoms. The van der Waals surface area contributed by atoms with Crippen molar-refractivity contribution in [1.29, 1.82) is 0 Å². The summed E-state index contributed by atoms with van der Waals surface area (Å²) in [6.45, 7) is 3.81. The summed E-state index contributed by atoms with van der Waals surface area (Å²) in [5.41, 5.74) is 3.71. The molecule has 1 aromatic carbocycles. The van der Waals surface area contributed by atoms with Crippen molar-refractivity contribution in [3.63, 3.8) is 0 Å². The zero-order valence-electron chi connectivity index (χ0n) is 13.7. The van der Waals surface area contributed by atoms with Crippen LogP contribution in [0.15, 0.2) is 24.3 Å². The van der Waals surface area contributed by atoms with Gasteiger partial charge in [-0.2, -0.15) is 0 Å². The van der Waals surface area contributed by atoms with Crippen LogP contribution in [0.3, 0.4) is 0 Å². The lowest BCUT2D eigenvalue weighted by Crippen LogP contribution is -2.69. The van der Waals surface area contributed by atoms with Crippen molar-refractivity contribution < 1.29 is 0 Å². The standard InChI is InChI=1S/C20H26N2/c1-3-12-11-22-17-8-13(12)14-9-20(10-18(14)22)15-6-4-5-7-16(15)21(2)19(17)20/h4-7,12-14,17-19H,3,8-11H2,1-2H3/t12-,13+,14+,17+,18+,19+,20-/m1/s1. The van der Waals surface area contributed by atoms with Gasteiger partial charge in [0.1, 0.15) is 0 Å². The predicted molar refractivity (Wildman–Crippen MR) is 89.2 cm³/mol. The van der Waals surface area contributed by atoms with Gasteiger partial charge in [0.25, 0.3) is 0 Å². The van der Waals surface area contributed by atoms with Crippen molar-refractivity contribution in [1.82, 2.24) is 4.90 Å². The van der Waals surface area contributed by atoms with E-state index in [0.717, 1.165) is 35.9 Å². The van der Waals surface area contributed by atoms with Gasteiger partial charge in [-0.05, 0) is 48.6 Å². The number of anilines is 1. The van der Waals surface area contributed by atoms with Gasteiger partial charge in [-0.15, -0.1) is 0 Å². The van der Waals surface area contributed by atoms with E-state index >= 15 is 0 Å². The number of fused-ring (bicyclic) bond motifs is 2. The van der Waals surface area contributed by atoms with Crippen LogP contribution in [0.5, 0.6) is 0 Å². The number of benzene rings is 1. The lowest BCUT2D eigenvalue weighted by atomic mass is 9.63. The van der Waals surface area contributed by atoms with Gasteiger partial charge in [0.05, 0.1) is 6.04 Å². The number of nitrogens with zero attached hydrogens (tertiary/aromatic N) is 2. The Hall–Kier alpha value is -1.02. The van der Waals surface area contributed by atoms with Gasteiger partial charge in [0.2, 0.25) is 0 Å². The van der Waals surface area contributed by atoms with Crippen LogP contribution < -0.4 is 4.90 Å². The molecule has 1 aromatic rings. The number of hydrogen-bond acceptors (Lipinski definition) is 2. The molecule has 5 aliphatic heterocycles. The highest BCUT2D eigenvalue weighted by Gasteiger charge is 2.70. The van der Waals surface area contributed by atoms with Crippen LogP contribution in [0.1, 0.15) is 38.2 Å². The van der Waals surface area contributed by atoms with Gasteiger partial charge < -0.3 is 4.90 Å². The average Bonchev–Trinajstić information content (AvgIpc) is 3.00. The summed E-state index contributed by atoms with van der Waals surface area (Å²) in [6, 6.07) is 11.8. The van der Waals surface area contributed by atoms with E-state index in [4.69, 9.17) is 0 Å². The first-order chi connectivity index (χ1) is 10.7. The largest absolute Gasteiger partial charge is 0.369 e. The summed E-state index contributed by atoms with van der Waals surface area (Å²) < 4.78 is 0. The second kappa shape index (κ2) is 3.72. The number of piperidine rings is 4. The molecule has 2 nitrogen and oxygen atoms in total. The van der Waals surface area contributed by atoms with Gasteiger partial charge >= 0.3 is 0 Å². The van der Waals surface area contributed by atoms with Crippen molar-refractivity contribution in [3.05, 3.63) is 29.8 Å². The van der Waals surface area contributed by atoms with Crippen LogP contribution in [0.25, 0.3) is 0 Å². The minimum Gasteiger partial charge on any atom is -0.369 e. The summed E-state index contributed by atoms with van der Waals surface area (Å²) in [5, 5.41) is 0. The molecule has 5 fully saturated rings. The third kappa shape index (κ3) is 1.12. The predicted octanol–water partition coefficient (Wildman–Crippen LogP) is 3.27.